The summed E-state index contributed by atoms with van der Waals surface area (Å²) in [7, 11) is 0. The Morgan fingerprint density at radius 2 is 2.29 bits per heavy atom. The zero-order valence-corrected chi connectivity index (χ0v) is 11.5. The number of amides is 1. The van der Waals surface area contributed by atoms with E-state index in [1.54, 1.807) is 19.1 Å². The molecule has 1 amide bonds. The highest BCUT2D eigenvalue weighted by molar-refractivity contribution is 5.98. The van der Waals surface area contributed by atoms with Gasteiger partial charge < -0.3 is 5.32 Å². The highest BCUT2D eigenvalue weighted by Gasteiger charge is 2.21. The molecule has 0 bridgehead atoms. The standard InChI is InChI=1S/C13H15N5O3/c1-9-4-2-5-10(12(9)18(20)21)13(19)14-7-3-6-11-15-8-16-17-11/h2,4-5,8H,3,6-7H2,1H3,(H,14,19)(H,15,16,17). The van der Waals surface area contributed by atoms with Crippen molar-refractivity contribution in [3.05, 3.63) is 51.6 Å². The Morgan fingerprint density at radius 1 is 1.48 bits per heavy atom. The van der Waals surface area contributed by atoms with Gasteiger partial charge in [0.25, 0.3) is 11.6 Å². The Balaban J connectivity index is 1.94. The molecule has 8 nitrogen and oxygen atoms in total. The van der Waals surface area contributed by atoms with Gasteiger partial charge in [0, 0.05) is 18.5 Å². The molecule has 0 aliphatic carbocycles. The van der Waals surface area contributed by atoms with Gasteiger partial charge in [-0.1, -0.05) is 12.1 Å². The SMILES string of the molecule is Cc1cccc(C(=O)NCCCc2ncn[nH]2)c1[N+](=O)[O-]. The van der Waals surface area contributed by atoms with Crippen LogP contribution in [0.4, 0.5) is 5.69 Å². The van der Waals surface area contributed by atoms with Gasteiger partial charge in [0.15, 0.2) is 0 Å². The number of nitrogens with zero attached hydrogens (tertiary/aromatic N) is 3. The molecule has 1 aromatic carbocycles. The first-order chi connectivity index (χ1) is 10.1. The summed E-state index contributed by atoms with van der Waals surface area (Å²) in [6, 6.07) is 4.70. The second kappa shape index (κ2) is 6.60. The summed E-state index contributed by atoms with van der Waals surface area (Å²) in [5.74, 6) is 0.300. The number of carbonyl (C=O) groups is 1. The van der Waals surface area contributed by atoms with Gasteiger partial charge in [-0.2, -0.15) is 5.10 Å². The summed E-state index contributed by atoms with van der Waals surface area (Å²) < 4.78 is 0. The zero-order valence-electron chi connectivity index (χ0n) is 11.5. The average molecular weight is 289 g/mol. The van der Waals surface area contributed by atoms with Crippen molar-refractivity contribution in [1.82, 2.24) is 20.5 Å². The van der Waals surface area contributed by atoms with Gasteiger partial charge in [0.1, 0.15) is 17.7 Å². The number of nitrogens with one attached hydrogen (secondary N) is 2. The predicted molar refractivity (Wildman–Crippen MR) is 74.9 cm³/mol. The number of H-pyrrole nitrogens is 1. The number of para-hydroxylation sites is 1. The normalized spacial score (nSPS) is 10.3. The minimum absolute atomic E-state index is 0.0830. The number of carbonyl (C=O) groups excluding carboxylic acids is 1. The molecule has 0 radical (unpaired) electrons. The van der Waals surface area contributed by atoms with Crippen LogP contribution in [-0.4, -0.2) is 32.6 Å². The summed E-state index contributed by atoms with van der Waals surface area (Å²) in [6.07, 6.45) is 2.74. The molecule has 0 fully saturated rings. The van der Waals surface area contributed by atoms with Crippen LogP contribution in [0.25, 0.3) is 0 Å². The van der Waals surface area contributed by atoms with Crippen molar-refractivity contribution in [2.24, 2.45) is 0 Å². The summed E-state index contributed by atoms with van der Waals surface area (Å²) in [6.45, 7) is 2.02. The number of nitro groups is 1. The maximum atomic E-state index is 12.0. The number of nitro benzene ring substituents is 1. The average Bonchev–Trinajstić information content (AvgIpc) is 2.95. The van der Waals surface area contributed by atoms with Crippen molar-refractivity contribution in [3.63, 3.8) is 0 Å². The van der Waals surface area contributed by atoms with Gasteiger partial charge in [-0.3, -0.25) is 20.0 Å². The van der Waals surface area contributed by atoms with Crippen LogP contribution in [0.1, 0.15) is 28.2 Å². The number of hydrogen-bond donors (Lipinski definition) is 2. The van der Waals surface area contributed by atoms with Crippen molar-refractivity contribution in [1.29, 1.82) is 0 Å². The summed E-state index contributed by atoms with van der Waals surface area (Å²) in [5.41, 5.74) is 0.402. The number of aromatic amines is 1. The summed E-state index contributed by atoms with van der Waals surface area (Å²) in [5, 5.41) is 20.2. The van der Waals surface area contributed by atoms with Gasteiger partial charge >= 0.3 is 0 Å². The monoisotopic (exact) mass is 289 g/mol. The first-order valence-electron chi connectivity index (χ1n) is 6.46. The van der Waals surface area contributed by atoms with Crippen LogP contribution in [0.15, 0.2) is 24.5 Å². The van der Waals surface area contributed by atoms with Crippen LogP contribution in [0.5, 0.6) is 0 Å². The van der Waals surface area contributed by atoms with Crippen molar-refractivity contribution in [2.45, 2.75) is 19.8 Å². The molecule has 1 aromatic heterocycles. The van der Waals surface area contributed by atoms with E-state index in [1.165, 1.54) is 12.4 Å². The summed E-state index contributed by atoms with van der Waals surface area (Å²) in [4.78, 5) is 26.5. The maximum Gasteiger partial charge on any atom is 0.285 e. The largest absolute Gasteiger partial charge is 0.352 e. The molecule has 21 heavy (non-hydrogen) atoms. The lowest BCUT2D eigenvalue weighted by atomic mass is 10.1. The van der Waals surface area contributed by atoms with Crippen LogP contribution >= 0.6 is 0 Å². The second-order valence-electron chi connectivity index (χ2n) is 4.52. The molecule has 0 spiro atoms. The van der Waals surface area contributed by atoms with Gasteiger partial charge in [-0.25, -0.2) is 4.98 Å². The van der Waals surface area contributed by atoms with Gasteiger partial charge in [0.2, 0.25) is 0 Å². The van der Waals surface area contributed by atoms with E-state index in [2.05, 4.69) is 20.5 Å². The van der Waals surface area contributed by atoms with Crippen molar-refractivity contribution >= 4 is 11.6 Å². The minimum atomic E-state index is -0.529. The number of rotatable bonds is 6. The van der Waals surface area contributed by atoms with E-state index in [1.807, 2.05) is 0 Å². The van der Waals surface area contributed by atoms with Gasteiger partial charge in [0.05, 0.1) is 4.92 Å². The zero-order chi connectivity index (χ0) is 15.2. The quantitative estimate of drug-likeness (QED) is 0.474. The number of hydrogen-bond acceptors (Lipinski definition) is 5. The first-order valence-corrected chi connectivity index (χ1v) is 6.46. The lowest BCUT2D eigenvalue weighted by Gasteiger charge is -2.06. The van der Waals surface area contributed by atoms with Crippen LogP contribution in [-0.2, 0) is 6.42 Å². The molecular formula is C13H15N5O3. The number of aromatic nitrogens is 3. The fourth-order valence-electron chi connectivity index (χ4n) is 1.99. The molecule has 110 valence electrons. The molecule has 0 atom stereocenters. The van der Waals surface area contributed by atoms with E-state index in [4.69, 9.17) is 0 Å². The van der Waals surface area contributed by atoms with E-state index >= 15 is 0 Å². The number of aryl methyl sites for hydroxylation is 2. The Labute approximate surface area is 120 Å². The third-order valence-electron chi connectivity index (χ3n) is 3.01. The summed E-state index contributed by atoms with van der Waals surface area (Å²) >= 11 is 0. The third-order valence-corrected chi connectivity index (χ3v) is 3.01. The second-order valence-corrected chi connectivity index (χ2v) is 4.52. The maximum absolute atomic E-state index is 12.0. The fraction of sp³-hybridized carbons (Fsp3) is 0.308. The molecule has 1 heterocycles. The van der Waals surface area contributed by atoms with Crippen molar-refractivity contribution in [3.8, 4) is 0 Å². The Morgan fingerprint density at radius 3 is 2.95 bits per heavy atom. The molecular weight excluding hydrogens is 274 g/mol. The molecule has 2 aromatic rings. The first kappa shape index (κ1) is 14.6. The van der Waals surface area contributed by atoms with Crippen molar-refractivity contribution in [2.75, 3.05) is 6.54 Å². The molecule has 0 unspecified atom stereocenters. The van der Waals surface area contributed by atoms with E-state index in [0.717, 1.165) is 5.82 Å². The lowest BCUT2D eigenvalue weighted by molar-refractivity contribution is -0.385. The Hall–Kier alpha value is -2.77. The van der Waals surface area contributed by atoms with E-state index in [0.29, 0.717) is 24.9 Å². The van der Waals surface area contributed by atoms with E-state index in [9.17, 15) is 14.9 Å². The molecule has 0 aliphatic heterocycles. The number of benzene rings is 1. The molecule has 0 saturated carbocycles. The predicted octanol–water partition coefficient (Wildman–Crippen LogP) is 1.38. The topological polar surface area (TPSA) is 114 Å². The highest BCUT2D eigenvalue weighted by Crippen LogP contribution is 2.22. The van der Waals surface area contributed by atoms with Crippen molar-refractivity contribution < 1.29 is 9.72 Å². The molecule has 8 heteroatoms. The van der Waals surface area contributed by atoms with Crippen LogP contribution < -0.4 is 5.32 Å². The Bertz CT molecular complexity index is 639. The third kappa shape index (κ3) is 3.62. The van der Waals surface area contributed by atoms with Crippen LogP contribution in [0.3, 0.4) is 0 Å². The highest BCUT2D eigenvalue weighted by atomic mass is 16.6. The smallest absolute Gasteiger partial charge is 0.285 e. The minimum Gasteiger partial charge on any atom is -0.352 e. The molecule has 0 aliphatic rings. The van der Waals surface area contributed by atoms with Crippen LogP contribution in [0.2, 0.25) is 0 Å². The van der Waals surface area contributed by atoms with Gasteiger partial charge in [-0.15, -0.1) is 0 Å². The van der Waals surface area contributed by atoms with Crippen LogP contribution in [0, 0.1) is 17.0 Å². The molecule has 0 saturated heterocycles. The van der Waals surface area contributed by atoms with E-state index < -0.39 is 10.8 Å². The molecule has 2 rings (SSSR count). The molecule has 2 N–H and O–H groups in total. The lowest BCUT2D eigenvalue weighted by Crippen LogP contribution is -2.25. The van der Waals surface area contributed by atoms with E-state index in [-0.39, 0.29) is 11.3 Å². The van der Waals surface area contributed by atoms with Gasteiger partial charge in [-0.05, 0) is 19.4 Å². The Kier molecular flexibility index (Phi) is 4.60. The fourth-order valence-corrected chi connectivity index (χ4v) is 1.99.